The maximum atomic E-state index is 11.6. The molecule has 0 bridgehead atoms. The van der Waals surface area contributed by atoms with Crippen LogP contribution < -0.4 is 10.5 Å². The van der Waals surface area contributed by atoms with E-state index in [9.17, 15) is 8.42 Å². The predicted molar refractivity (Wildman–Crippen MR) is 83.7 cm³/mol. The molecule has 0 radical (unpaired) electrons. The van der Waals surface area contributed by atoms with Crippen LogP contribution in [0.2, 0.25) is 0 Å². The van der Waals surface area contributed by atoms with Crippen molar-refractivity contribution in [2.24, 2.45) is 11.7 Å². The number of hydrogen-bond donors (Lipinski definition) is 1. The number of nitrogens with two attached hydrogens (primary N) is 1. The van der Waals surface area contributed by atoms with E-state index in [0.29, 0.717) is 19.0 Å². The lowest BCUT2D eigenvalue weighted by molar-refractivity contribution is 0.247. The van der Waals surface area contributed by atoms with Gasteiger partial charge in [-0.05, 0) is 42.9 Å². The number of methoxy groups -OCH3 is 1. The van der Waals surface area contributed by atoms with E-state index in [1.807, 2.05) is 24.3 Å². The Labute approximate surface area is 127 Å². The minimum Gasteiger partial charge on any atom is -0.497 e. The van der Waals surface area contributed by atoms with E-state index >= 15 is 0 Å². The normalized spacial score (nSPS) is 22.0. The summed E-state index contributed by atoms with van der Waals surface area (Å²) in [5, 5.41) is 0. The number of sulfonamides is 1. The minimum atomic E-state index is -3.10. The molecule has 0 aromatic heterocycles. The van der Waals surface area contributed by atoms with Gasteiger partial charge in [-0.25, -0.2) is 12.7 Å². The first-order chi connectivity index (χ1) is 9.90. The second-order valence-corrected chi connectivity index (χ2v) is 7.73. The molecule has 2 unspecified atom stereocenters. The van der Waals surface area contributed by atoms with Crippen LogP contribution in [0.3, 0.4) is 0 Å². The predicted octanol–water partition coefficient (Wildman–Crippen LogP) is 1.76. The Morgan fingerprint density at radius 1 is 1.48 bits per heavy atom. The van der Waals surface area contributed by atoms with Crippen LogP contribution in [0.4, 0.5) is 0 Å². The molecule has 1 aromatic rings. The SMILES string of the molecule is COc1cccc(C(N)CC2CCCN(S(C)(=O)=O)C2)c1. The highest BCUT2D eigenvalue weighted by Crippen LogP contribution is 2.28. The van der Waals surface area contributed by atoms with E-state index < -0.39 is 10.0 Å². The lowest BCUT2D eigenvalue weighted by Gasteiger charge is -2.32. The van der Waals surface area contributed by atoms with Gasteiger partial charge in [-0.15, -0.1) is 0 Å². The highest BCUT2D eigenvalue weighted by Gasteiger charge is 2.27. The van der Waals surface area contributed by atoms with Crippen molar-refractivity contribution in [1.82, 2.24) is 4.31 Å². The summed E-state index contributed by atoms with van der Waals surface area (Å²) in [6.07, 6.45) is 4.00. The molecule has 2 N–H and O–H groups in total. The van der Waals surface area contributed by atoms with Gasteiger partial charge in [0.05, 0.1) is 13.4 Å². The minimum absolute atomic E-state index is 0.0930. The van der Waals surface area contributed by atoms with E-state index in [1.54, 1.807) is 11.4 Å². The van der Waals surface area contributed by atoms with Crippen LogP contribution >= 0.6 is 0 Å². The second-order valence-electron chi connectivity index (χ2n) is 5.75. The summed E-state index contributed by atoms with van der Waals surface area (Å²) in [4.78, 5) is 0. The first kappa shape index (κ1) is 16.3. The Hall–Kier alpha value is -1.11. The van der Waals surface area contributed by atoms with Gasteiger partial charge in [0, 0.05) is 19.1 Å². The number of rotatable bonds is 5. The molecule has 0 spiro atoms. The molecule has 0 saturated carbocycles. The van der Waals surface area contributed by atoms with E-state index in [4.69, 9.17) is 10.5 Å². The topological polar surface area (TPSA) is 72.6 Å². The lowest BCUT2D eigenvalue weighted by Crippen LogP contribution is -2.40. The molecule has 1 aliphatic rings. The number of benzene rings is 1. The zero-order valence-electron chi connectivity index (χ0n) is 12.7. The lowest BCUT2D eigenvalue weighted by atomic mass is 9.90. The van der Waals surface area contributed by atoms with Crippen molar-refractivity contribution in [2.45, 2.75) is 25.3 Å². The number of nitrogens with zero attached hydrogens (tertiary/aromatic N) is 1. The molecule has 0 aliphatic carbocycles. The molecule has 1 aromatic carbocycles. The van der Waals surface area contributed by atoms with Crippen molar-refractivity contribution >= 4 is 10.0 Å². The van der Waals surface area contributed by atoms with Crippen LogP contribution in [0.1, 0.15) is 30.9 Å². The third-order valence-corrected chi connectivity index (χ3v) is 5.33. The van der Waals surface area contributed by atoms with Crippen LogP contribution in [0.25, 0.3) is 0 Å². The first-order valence-electron chi connectivity index (χ1n) is 7.25. The third kappa shape index (κ3) is 4.43. The summed E-state index contributed by atoms with van der Waals surface area (Å²) in [7, 11) is -1.46. The molecule has 1 fully saturated rings. The summed E-state index contributed by atoms with van der Waals surface area (Å²) in [5.74, 6) is 1.11. The molecule has 1 heterocycles. The molecule has 118 valence electrons. The van der Waals surface area contributed by atoms with Gasteiger partial charge in [-0.3, -0.25) is 0 Å². The zero-order chi connectivity index (χ0) is 15.5. The van der Waals surface area contributed by atoms with Crippen LogP contribution in [0.5, 0.6) is 5.75 Å². The van der Waals surface area contributed by atoms with Crippen molar-refractivity contribution in [3.8, 4) is 5.75 Å². The molecule has 0 amide bonds. The Balaban J connectivity index is 2.00. The molecular weight excluding hydrogens is 288 g/mol. The van der Waals surface area contributed by atoms with Gasteiger partial charge in [0.25, 0.3) is 0 Å². The molecule has 2 rings (SSSR count). The monoisotopic (exact) mass is 312 g/mol. The summed E-state index contributed by atoms with van der Waals surface area (Å²) in [6.45, 7) is 1.21. The summed E-state index contributed by atoms with van der Waals surface area (Å²) in [5.41, 5.74) is 7.31. The van der Waals surface area contributed by atoms with Gasteiger partial charge in [0.2, 0.25) is 10.0 Å². The fourth-order valence-corrected chi connectivity index (χ4v) is 3.83. The molecule has 5 nitrogen and oxygen atoms in total. The smallest absolute Gasteiger partial charge is 0.211 e. The van der Waals surface area contributed by atoms with Gasteiger partial charge in [0.1, 0.15) is 5.75 Å². The highest BCUT2D eigenvalue weighted by atomic mass is 32.2. The summed E-state index contributed by atoms with van der Waals surface area (Å²) < 4.78 is 30.1. The van der Waals surface area contributed by atoms with Gasteiger partial charge >= 0.3 is 0 Å². The number of ether oxygens (including phenoxy) is 1. The Bertz CT molecular complexity index is 574. The quantitative estimate of drug-likeness (QED) is 0.899. The van der Waals surface area contributed by atoms with Crippen LogP contribution in [-0.2, 0) is 10.0 Å². The van der Waals surface area contributed by atoms with Gasteiger partial charge in [0.15, 0.2) is 0 Å². The number of piperidine rings is 1. The van der Waals surface area contributed by atoms with Crippen molar-refractivity contribution in [3.63, 3.8) is 0 Å². The molecule has 1 aliphatic heterocycles. The maximum Gasteiger partial charge on any atom is 0.211 e. The van der Waals surface area contributed by atoms with Crippen molar-refractivity contribution in [3.05, 3.63) is 29.8 Å². The fourth-order valence-electron chi connectivity index (χ4n) is 2.89. The van der Waals surface area contributed by atoms with Crippen LogP contribution in [0.15, 0.2) is 24.3 Å². The Kier molecular flexibility index (Phi) is 5.24. The first-order valence-corrected chi connectivity index (χ1v) is 9.09. The second kappa shape index (κ2) is 6.77. The highest BCUT2D eigenvalue weighted by molar-refractivity contribution is 7.88. The van der Waals surface area contributed by atoms with Crippen LogP contribution in [-0.4, -0.2) is 39.2 Å². The standard InChI is InChI=1S/C15H24N2O3S/c1-20-14-7-3-6-13(10-14)15(16)9-12-5-4-8-17(11-12)21(2,18)19/h3,6-7,10,12,15H,4-5,8-9,11,16H2,1-2H3. The summed E-state index contributed by atoms with van der Waals surface area (Å²) in [6, 6.07) is 7.66. The summed E-state index contributed by atoms with van der Waals surface area (Å²) >= 11 is 0. The largest absolute Gasteiger partial charge is 0.497 e. The molecule has 6 heteroatoms. The van der Waals surface area contributed by atoms with E-state index in [0.717, 1.165) is 30.6 Å². The zero-order valence-corrected chi connectivity index (χ0v) is 13.5. The molecular formula is C15H24N2O3S. The average Bonchev–Trinajstić information content (AvgIpc) is 2.46. The fraction of sp³-hybridized carbons (Fsp3) is 0.600. The Morgan fingerprint density at radius 3 is 2.90 bits per heavy atom. The van der Waals surface area contributed by atoms with Gasteiger partial charge in [-0.1, -0.05) is 12.1 Å². The van der Waals surface area contributed by atoms with Crippen molar-refractivity contribution in [2.75, 3.05) is 26.5 Å². The Morgan fingerprint density at radius 2 is 2.24 bits per heavy atom. The van der Waals surface area contributed by atoms with E-state index in [2.05, 4.69) is 0 Å². The van der Waals surface area contributed by atoms with Crippen molar-refractivity contribution < 1.29 is 13.2 Å². The average molecular weight is 312 g/mol. The van der Waals surface area contributed by atoms with Crippen LogP contribution in [0, 0.1) is 5.92 Å². The van der Waals surface area contributed by atoms with Crippen molar-refractivity contribution in [1.29, 1.82) is 0 Å². The molecule has 2 atom stereocenters. The maximum absolute atomic E-state index is 11.6. The van der Waals surface area contributed by atoms with E-state index in [-0.39, 0.29) is 6.04 Å². The number of hydrogen-bond acceptors (Lipinski definition) is 4. The van der Waals surface area contributed by atoms with Gasteiger partial charge in [-0.2, -0.15) is 0 Å². The van der Waals surface area contributed by atoms with E-state index in [1.165, 1.54) is 6.26 Å². The third-order valence-electron chi connectivity index (χ3n) is 4.06. The molecule has 1 saturated heterocycles. The molecule has 21 heavy (non-hydrogen) atoms. The van der Waals surface area contributed by atoms with Gasteiger partial charge < -0.3 is 10.5 Å².